The summed E-state index contributed by atoms with van der Waals surface area (Å²) in [6.45, 7) is 2.83. The van der Waals surface area contributed by atoms with Crippen LogP contribution < -0.4 is 5.32 Å². The molecule has 0 radical (unpaired) electrons. The third-order valence-electron chi connectivity index (χ3n) is 3.79. The van der Waals surface area contributed by atoms with Crippen molar-refractivity contribution in [2.24, 2.45) is 0 Å². The molecule has 1 saturated heterocycles. The average Bonchev–Trinajstić information content (AvgIpc) is 2.55. The highest BCUT2D eigenvalue weighted by Crippen LogP contribution is 2.35. The van der Waals surface area contributed by atoms with Crippen molar-refractivity contribution < 1.29 is 8.78 Å². The van der Waals surface area contributed by atoms with E-state index in [1.54, 1.807) is 0 Å². The van der Waals surface area contributed by atoms with E-state index in [0.29, 0.717) is 6.42 Å². The van der Waals surface area contributed by atoms with Crippen LogP contribution in [0.25, 0.3) is 0 Å². The molecule has 1 heterocycles. The summed E-state index contributed by atoms with van der Waals surface area (Å²) in [5, 5.41) is 3.36. The predicted octanol–water partition coefficient (Wildman–Crippen LogP) is 3.73. The van der Waals surface area contributed by atoms with Gasteiger partial charge in [-0.15, -0.1) is 0 Å². The monoisotopic (exact) mass is 239 g/mol. The van der Waals surface area contributed by atoms with E-state index in [0.717, 1.165) is 32.2 Å². The van der Waals surface area contributed by atoms with E-state index in [9.17, 15) is 8.78 Å². The Bertz CT molecular complexity index is 362. The van der Waals surface area contributed by atoms with Crippen molar-refractivity contribution in [1.29, 1.82) is 0 Å². The van der Waals surface area contributed by atoms with Gasteiger partial charge in [0.25, 0.3) is 0 Å². The fourth-order valence-corrected chi connectivity index (χ4v) is 2.79. The number of benzene rings is 1. The molecule has 0 saturated carbocycles. The first-order chi connectivity index (χ1) is 8.19. The summed E-state index contributed by atoms with van der Waals surface area (Å²) in [4.78, 5) is 0. The highest BCUT2D eigenvalue weighted by molar-refractivity contribution is 5.28. The SMILES string of the molecule is CCC1(c2c(F)cccc2F)CCCCCN1. The van der Waals surface area contributed by atoms with Crippen LogP contribution in [0.15, 0.2) is 18.2 Å². The van der Waals surface area contributed by atoms with Crippen molar-refractivity contribution in [3.63, 3.8) is 0 Å². The molecule has 0 aromatic heterocycles. The molecule has 1 aliphatic rings. The van der Waals surface area contributed by atoms with E-state index in [1.807, 2.05) is 6.92 Å². The van der Waals surface area contributed by atoms with Crippen LogP contribution in [0.3, 0.4) is 0 Å². The van der Waals surface area contributed by atoms with Gasteiger partial charge in [0.2, 0.25) is 0 Å². The standard InChI is InChI=1S/C14H19F2N/c1-2-14(9-4-3-5-10-17-14)13-11(15)7-6-8-12(13)16/h6-8,17H,2-5,9-10H2,1H3. The van der Waals surface area contributed by atoms with Crippen LogP contribution in [0.4, 0.5) is 8.78 Å². The van der Waals surface area contributed by atoms with Gasteiger partial charge in [-0.05, 0) is 37.9 Å². The quantitative estimate of drug-likeness (QED) is 0.829. The molecule has 1 N–H and O–H groups in total. The van der Waals surface area contributed by atoms with E-state index in [4.69, 9.17) is 0 Å². The number of hydrogen-bond acceptors (Lipinski definition) is 1. The minimum absolute atomic E-state index is 0.226. The van der Waals surface area contributed by atoms with Gasteiger partial charge in [-0.3, -0.25) is 0 Å². The third-order valence-corrected chi connectivity index (χ3v) is 3.79. The Kier molecular flexibility index (Phi) is 3.77. The average molecular weight is 239 g/mol. The molecule has 1 atom stereocenters. The van der Waals surface area contributed by atoms with E-state index in [-0.39, 0.29) is 5.56 Å². The van der Waals surface area contributed by atoms with E-state index in [1.165, 1.54) is 18.2 Å². The lowest BCUT2D eigenvalue weighted by Crippen LogP contribution is -2.42. The molecule has 0 bridgehead atoms. The summed E-state index contributed by atoms with van der Waals surface area (Å²) >= 11 is 0. The first kappa shape index (κ1) is 12.5. The van der Waals surface area contributed by atoms with Crippen LogP contribution in [-0.2, 0) is 5.54 Å². The first-order valence-electron chi connectivity index (χ1n) is 6.39. The fourth-order valence-electron chi connectivity index (χ4n) is 2.79. The van der Waals surface area contributed by atoms with Crippen LogP contribution >= 0.6 is 0 Å². The Morgan fingerprint density at radius 3 is 2.53 bits per heavy atom. The summed E-state index contributed by atoms with van der Waals surface area (Å²) < 4.78 is 27.8. The Morgan fingerprint density at radius 2 is 1.88 bits per heavy atom. The normalized spacial score (nSPS) is 25.6. The minimum atomic E-state index is -0.522. The van der Waals surface area contributed by atoms with Crippen LogP contribution in [0.5, 0.6) is 0 Å². The molecule has 0 amide bonds. The van der Waals surface area contributed by atoms with Crippen molar-refractivity contribution in [2.75, 3.05) is 6.54 Å². The lowest BCUT2D eigenvalue weighted by atomic mass is 9.82. The molecular formula is C14H19F2N. The lowest BCUT2D eigenvalue weighted by Gasteiger charge is -2.34. The van der Waals surface area contributed by atoms with Gasteiger partial charge in [-0.2, -0.15) is 0 Å². The van der Waals surface area contributed by atoms with Crippen molar-refractivity contribution in [3.05, 3.63) is 35.4 Å². The van der Waals surface area contributed by atoms with E-state index < -0.39 is 17.2 Å². The second kappa shape index (κ2) is 5.13. The molecule has 1 unspecified atom stereocenters. The van der Waals surface area contributed by atoms with Gasteiger partial charge in [0.05, 0.1) is 0 Å². The molecule has 3 heteroatoms. The van der Waals surface area contributed by atoms with E-state index in [2.05, 4.69) is 5.32 Å². The summed E-state index contributed by atoms with van der Waals surface area (Å²) in [5.41, 5.74) is -0.296. The molecule has 17 heavy (non-hydrogen) atoms. The zero-order chi connectivity index (χ0) is 12.3. The first-order valence-corrected chi connectivity index (χ1v) is 6.39. The predicted molar refractivity (Wildman–Crippen MR) is 64.8 cm³/mol. The van der Waals surface area contributed by atoms with Crippen molar-refractivity contribution in [3.8, 4) is 0 Å². The highest BCUT2D eigenvalue weighted by Gasteiger charge is 2.35. The molecule has 1 aromatic rings. The topological polar surface area (TPSA) is 12.0 Å². The maximum Gasteiger partial charge on any atom is 0.131 e. The third kappa shape index (κ3) is 2.34. The van der Waals surface area contributed by atoms with Gasteiger partial charge >= 0.3 is 0 Å². The molecule has 1 aromatic carbocycles. The van der Waals surface area contributed by atoms with Gasteiger partial charge in [0.1, 0.15) is 11.6 Å². The van der Waals surface area contributed by atoms with Crippen LogP contribution in [-0.4, -0.2) is 6.54 Å². The molecule has 0 aliphatic carbocycles. The molecule has 1 aliphatic heterocycles. The van der Waals surface area contributed by atoms with Gasteiger partial charge in [0, 0.05) is 11.1 Å². The molecule has 1 nitrogen and oxygen atoms in total. The maximum atomic E-state index is 13.9. The van der Waals surface area contributed by atoms with E-state index >= 15 is 0 Å². The molecule has 1 fully saturated rings. The summed E-state index contributed by atoms with van der Waals surface area (Å²) in [5.74, 6) is -0.859. The smallest absolute Gasteiger partial charge is 0.131 e. The summed E-state index contributed by atoms with van der Waals surface area (Å²) in [6.07, 6.45) is 4.75. The molecule has 0 spiro atoms. The Balaban J connectivity index is 2.45. The molecule has 2 rings (SSSR count). The van der Waals surface area contributed by atoms with Gasteiger partial charge in [-0.1, -0.05) is 25.8 Å². The van der Waals surface area contributed by atoms with Gasteiger partial charge in [-0.25, -0.2) is 8.78 Å². The number of nitrogens with one attached hydrogen (secondary N) is 1. The Labute approximate surface area is 101 Å². The molecule has 94 valence electrons. The number of rotatable bonds is 2. The largest absolute Gasteiger partial charge is 0.307 e. The second-order valence-electron chi connectivity index (χ2n) is 4.77. The zero-order valence-corrected chi connectivity index (χ0v) is 10.2. The summed E-state index contributed by atoms with van der Waals surface area (Å²) in [6, 6.07) is 4.12. The van der Waals surface area contributed by atoms with Gasteiger partial charge < -0.3 is 5.32 Å². The molecular weight excluding hydrogens is 220 g/mol. The van der Waals surface area contributed by atoms with Crippen molar-refractivity contribution >= 4 is 0 Å². The number of halogens is 2. The summed E-state index contributed by atoms with van der Waals surface area (Å²) in [7, 11) is 0. The van der Waals surface area contributed by atoms with Crippen LogP contribution in [0.2, 0.25) is 0 Å². The number of hydrogen-bond donors (Lipinski definition) is 1. The van der Waals surface area contributed by atoms with Crippen LogP contribution in [0.1, 0.15) is 44.6 Å². The Hall–Kier alpha value is -0.960. The Morgan fingerprint density at radius 1 is 1.18 bits per heavy atom. The van der Waals surface area contributed by atoms with Crippen molar-refractivity contribution in [2.45, 2.75) is 44.6 Å². The highest BCUT2D eigenvalue weighted by atomic mass is 19.1. The lowest BCUT2D eigenvalue weighted by molar-refractivity contribution is 0.288. The second-order valence-corrected chi connectivity index (χ2v) is 4.77. The van der Waals surface area contributed by atoms with Gasteiger partial charge in [0.15, 0.2) is 0 Å². The maximum absolute atomic E-state index is 13.9. The zero-order valence-electron chi connectivity index (χ0n) is 10.2. The minimum Gasteiger partial charge on any atom is -0.307 e. The van der Waals surface area contributed by atoms with Crippen LogP contribution in [0, 0.1) is 11.6 Å². The van der Waals surface area contributed by atoms with Crippen molar-refractivity contribution in [1.82, 2.24) is 5.32 Å². The fraction of sp³-hybridized carbons (Fsp3) is 0.571.